The second-order valence-corrected chi connectivity index (χ2v) is 6.39. The van der Waals surface area contributed by atoms with E-state index in [0.29, 0.717) is 6.54 Å². The van der Waals surface area contributed by atoms with Crippen LogP contribution in [0.25, 0.3) is 0 Å². The van der Waals surface area contributed by atoms with E-state index in [1.807, 2.05) is 18.9 Å². The minimum Gasteiger partial charge on any atom is -0.356 e. The van der Waals surface area contributed by atoms with Crippen molar-refractivity contribution in [1.82, 2.24) is 15.2 Å². The molecule has 0 aliphatic carbocycles. The summed E-state index contributed by atoms with van der Waals surface area (Å²) in [4.78, 5) is 10.8. The second-order valence-electron chi connectivity index (χ2n) is 5.44. The summed E-state index contributed by atoms with van der Waals surface area (Å²) < 4.78 is 12.9. The molecular formula is C17H23FN4S. The van der Waals surface area contributed by atoms with Crippen LogP contribution in [0.2, 0.25) is 0 Å². The molecule has 23 heavy (non-hydrogen) atoms. The maximum absolute atomic E-state index is 12.9. The standard InChI is InChI=1S/C17H23FN4S/c1-13-12-23-16(21-13)5-4-10-20-17(19-2)22(3)11-14-6-8-15(18)9-7-14/h6-9,12H,4-5,10-11H2,1-3H3,(H,19,20). The van der Waals surface area contributed by atoms with Crippen LogP contribution in [0, 0.1) is 12.7 Å². The predicted molar refractivity (Wildman–Crippen MR) is 94.4 cm³/mol. The molecule has 0 fully saturated rings. The van der Waals surface area contributed by atoms with Crippen molar-refractivity contribution >= 4 is 17.3 Å². The second kappa shape index (κ2) is 8.62. The van der Waals surface area contributed by atoms with Crippen LogP contribution >= 0.6 is 11.3 Å². The Hall–Kier alpha value is -1.95. The third kappa shape index (κ3) is 5.63. The van der Waals surface area contributed by atoms with E-state index >= 15 is 0 Å². The fourth-order valence-electron chi connectivity index (χ4n) is 2.28. The SMILES string of the molecule is CN=C(NCCCc1nc(C)cs1)N(C)Cc1ccc(F)cc1. The zero-order valence-electron chi connectivity index (χ0n) is 13.8. The third-order valence-electron chi connectivity index (χ3n) is 3.42. The average molecular weight is 334 g/mol. The summed E-state index contributed by atoms with van der Waals surface area (Å²) in [6, 6.07) is 6.55. The van der Waals surface area contributed by atoms with E-state index in [2.05, 4.69) is 20.7 Å². The normalized spacial score (nSPS) is 11.6. The molecule has 0 atom stereocenters. The molecule has 124 valence electrons. The van der Waals surface area contributed by atoms with Gasteiger partial charge in [-0.3, -0.25) is 4.99 Å². The fraction of sp³-hybridized carbons (Fsp3) is 0.412. The largest absolute Gasteiger partial charge is 0.356 e. The number of rotatable bonds is 6. The predicted octanol–water partition coefficient (Wildman–Crippen LogP) is 3.23. The molecule has 0 spiro atoms. The Labute approximate surface area is 141 Å². The first kappa shape index (κ1) is 17.4. The fourth-order valence-corrected chi connectivity index (χ4v) is 3.10. The first-order valence-electron chi connectivity index (χ1n) is 7.65. The Morgan fingerprint density at radius 2 is 2.09 bits per heavy atom. The number of hydrogen-bond donors (Lipinski definition) is 1. The molecule has 2 aromatic rings. The molecule has 1 N–H and O–H groups in total. The van der Waals surface area contributed by atoms with Gasteiger partial charge in [-0.25, -0.2) is 9.37 Å². The molecular weight excluding hydrogens is 311 g/mol. The molecule has 0 bridgehead atoms. The molecule has 0 saturated carbocycles. The number of guanidine groups is 1. The summed E-state index contributed by atoms with van der Waals surface area (Å²) in [5.41, 5.74) is 2.14. The number of nitrogens with one attached hydrogen (secondary N) is 1. The molecule has 6 heteroatoms. The van der Waals surface area contributed by atoms with Gasteiger partial charge in [-0.2, -0.15) is 0 Å². The van der Waals surface area contributed by atoms with E-state index in [0.717, 1.165) is 36.6 Å². The molecule has 0 unspecified atom stereocenters. The smallest absolute Gasteiger partial charge is 0.193 e. The monoisotopic (exact) mass is 334 g/mol. The highest BCUT2D eigenvalue weighted by Crippen LogP contribution is 2.10. The van der Waals surface area contributed by atoms with Crippen molar-refractivity contribution in [2.24, 2.45) is 4.99 Å². The molecule has 1 aromatic heterocycles. The molecule has 4 nitrogen and oxygen atoms in total. The van der Waals surface area contributed by atoms with E-state index in [-0.39, 0.29) is 5.82 Å². The maximum Gasteiger partial charge on any atom is 0.193 e. The van der Waals surface area contributed by atoms with E-state index in [1.165, 1.54) is 17.1 Å². The van der Waals surface area contributed by atoms with Crippen molar-refractivity contribution in [3.8, 4) is 0 Å². The van der Waals surface area contributed by atoms with Crippen molar-refractivity contribution < 1.29 is 4.39 Å². The Morgan fingerprint density at radius 1 is 1.35 bits per heavy atom. The van der Waals surface area contributed by atoms with Crippen LogP contribution in [0.4, 0.5) is 4.39 Å². The maximum atomic E-state index is 12.9. The van der Waals surface area contributed by atoms with Gasteiger partial charge in [0.15, 0.2) is 5.96 Å². The van der Waals surface area contributed by atoms with Crippen LogP contribution in [0.15, 0.2) is 34.6 Å². The van der Waals surface area contributed by atoms with Gasteiger partial charge in [-0.05, 0) is 31.0 Å². The molecule has 0 aliphatic heterocycles. The zero-order valence-corrected chi connectivity index (χ0v) is 14.7. The molecule has 0 radical (unpaired) electrons. The van der Waals surface area contributed by atoms with E-state index in [1.54, 1.807) is 30.5 Å². The van der Waals surface area contributed by atoms with Crippen LogP contribution in [0.1, 0.15) is 22.7 Å². The summed E-state index contributed by atoms with van der Waals surface area (Å²) in [5, 5.41) is 6.62. The summed E-state index contributed by atoms with van der Waals surface area (Å²) in [6.07, 6.45) is 1.99. The molecule has 1 heterocycles. The molecule has 2 rings (SSSR count). The summed E-state index contributed by atoms with van der Waals surface area (Å²) in [5.74, 6) is 0.626. The first-order chi connectivity index (χ1) is 11.1. The third-order valence-corrected chi connectivity index (χ3v) is 4.45. The van der Waals surface area contributed by atoms with Crippen molar-refractivity contribution in [2.45, 2.75) is 26.3 Å². The van der Waals surface area contributed by atoms with Crippen molar-refractivity contribution in [3.05, 3.63) is 51.7 Å². The number of hydrogen-bond acceptors (Lipinski definition) is 3. The lowest BCUT2D eigenvalue weighted by atomic mass is 10.2. The number of thiazole rings is 1. The highest BCUT2D eigenvalue weighted by Gasteiger charge is 2.06. The highest BCUT2D eigenvalue weighted by molar-refractivity contribution is 7.09. The lowest BCUT2D eigenvalue weighted by Crippen LogP contribution is -2.39. The van der Waals surface area contributed by atoms with Crippen LogP contribution in [0.3, 0.4) is 0 Å². The Bertz CT molecular complexity index is 636. The van der Waals surface area contributed by atoms with Crippen LogP contribution in [0.5, 0.6) is 0 Å². The minimum absolute atomic E-state index is 0.212. The van der Waals surface area contributed by atoms with Gasteiger partial charge in [-0.1, -0.05) is 12.1 Å². The minimum atomic E-state index is -0.212. The van der Waals surface area contributed by atoms with Crippen LogP contribution in [-0.4, -0.2) is 36.5 Å². The van der Waals surface area contributed by atoms with Gasteiger partial charge < -0.3 is 10.2 Å². The first-order valence-corrected chi connectivity index (χ1v) is 8.53. The summed E-state index contributed by atoms with van der Waals surface area (Å²) in [7, 11) is 3.75. The lowest BCUT2D eigenvalue weighted by Gasteiger charge is -2.22. The van der Waals surface area contributed by atoms with Gasteiger partial charge in [0.25, 0.3) is 0 Å². The topological polar surface area (TPSA) is 40.5 Å². The van der Waals surface area contributed by atoms with Crippen molar-refractivity contribution in [1.29, 1.82) is 0 Å². The Morgan fingerprint density at radius 3 is 2.70 bits per heavy atom. The van der Waals surface area contributed by atoms with Gasteiger partial charge in [0.05, 0.1) is 5.01 Å². The zero-order chi connectivity index (χ0) is 16.7. The molecule has 0 saturated heterocycles. The number of aryl methyl sites for hydroxylation is 2. The quantitative estimate of drug-likeness (QED) is 0.501. The van der Waals surface area contributed by atoms with Gasteiger partial charge >= 0.3 is 0 Å². The van der Waals surface area contributed by atoms with Crippen molar-refractivity contribution in [2.75, 3.05) is 20.6 Å². The number of aromatic nitrogens is 1. The summed E-state index contributed by atoms with van der Waals surface area (Å²) in [6.45, 7) is 3.55. The van der Waals surface area contributed by atoms with Gasteiger partial charge in [0.2, 0.25) is 0 Å². The van der Waals surface area contributed by atoms with E-state index < -0.39 is 0 Å². The van der Waals surface area contributed by atoms with Crippen molar-refractivity contribution in [3.63, 3.8) is 0 Å². The molecule has 1 aromatic carbocycles. The molecule has 0 amide bonds. The Kier molecular flexibility index (Phi) is 6.52. The molecule has 0 aliphatic rings. The average Bonchev–Trinajstić information content (AvgIpc) is 2.95. The van der Waals surface area contributed by atoms with E-state index in [4.69, 9.17) is 0 Å². The van der Waals surface area contributed by atoms with Gasteiger partial charge in [0.1, 0.15) is 5.82 Å². The highest BCUT2D eigenvalue weighted by atomic mass is 32.1. The van der Waals surface area contributed by atoms with Gasteiger partial charge in [-0.15, -0.1) is 11.3 Å². The number of nitrogens with zero attached hydrogens (tertiary/aromatic N) is 3. The summed E-state index contributed by atoms with van der Waals surface area (Å²) >= 11 is 1.71. The van der Waals surface area contributed by atoms with E-state index in [9.17, 15) is 4.39 Å². The number of aliphatic imine (C=N–C) groups is 1. The number of halogens is 1. The Balaban J connectivity index is 1.76. The van der Waals surface area contributed by atoms with Gasteiger partial charge in [0, 0.05) is 44.7 Å². The number of benzene rings is 1. The lowest BCUT2D eigenvalue weighted by molar-refractivity contribution is 0.475. The van der Waals surface area contributed by atoms with Crippen LogP contribution in [-0.2, 0) is 13.0 Å². The van der Waals surface area contributed by atoms with Crippen LogP contribution < -0.4 is 5.32 Å².